The number of hydrogen-bond donors (Lipinski definition) is 2. The average Bonchev–Trinajstić information content (AvgIpc) is 2.46. The van der Waals surface area contributed by atoms with Crippen LogP contribution < -0.4 is 10.6 Å². The van der Waals surface area contributed by atoms with Crippen LogP contribution in [0.2, 0.25) is 0 Å². The first-order valence-electron chi connectivity index (χ1n) is 7.71. The van der Waals surface area contributed by atoms with E-state index in [4.69, 9.17) is 0 Å². The van der Waals surface area contributed by atoms with Gasteiger partial charge in [0, 0.05) is 17.5 Å². The van der Waals surface area contributed by atoms with Gasteiger partial charge >= 0.3 is 0 Å². The second kappa shape index (κ2) is 7.20. The van der Waals surface area contributed by atoms with E-state index in [2.05, 4.69) is 37.5 Å². The molecule has 0 spiro atoms. The number of piperidine rings is 1. The fourth-order valence-electron chi connectivity index (χ4n) is 2.90. The van der Waals surface area contributed by atoms with Crippen molar-refractivity contribution < 1.29 is 0 Å². The maximum atomic E-state index is 9.45. The van der Waals surface area contributed by atoms with Gasteiger partial charge in [-0.1, -0.05) is 26.8 Å². The molecule has 1 fully saturated rings. The van der Waals surface area contributed by atoms with E-state index in [-0.39, 0.29) is 0 Å². The maximum Gasteiger partial charge on any atom is 0.102 e. The monoisotopic (exact) mass is 303 g/mol. The summed E-state index contributed by atoms with van der Waals surface area (Å²) in [5.74, 6) is 0.981. The lowest BCUT2D eigenvalue weighted by Crippen LogP contribution is -2.50. The number of nitrogens with zero attached hydrogens (tertiary/aromatic N) is 1. The van der Waals surface area contributed by atoms with Gasteiger partial charge in [-0.05, 0) is 42.7 Å². The summed E-state index contributed by atoms with van der Waals surface area (Å²) >= 11 is 1.72. The Morgan fingerprint density at radius 3 is 2.95 bits per heavy atom. The molecule has 1 aromatic rings. The summed E-state index contributed by atoms with van der Waals surface area (Å²) in [6, 6.07) is 8.86. The molecule has 0 aromatic heterocycles. The van der Waals surface area contributed by atoms with E-state index in [1.165, 1.54) is 12.8 Å². The van der Waals surface area contributed by atoms with E-state index in [0.29, 0.717) is 11.5 Å². The molecule has 0 amide bonds. The van der Waals surface area contributed by atoms with Crippen molar-refractivity contribution in [3.8, 4) is 6.07 Å². The zero-order valence-electron chi connectivity index (χ0n) is 13.2. The van der Waals surface area contributed by atoms with E-state index >= 15 is 0 Å². The third-order valence-corrected chi connectivity index (χ3v) is 5.21. The van der Waals surface area contributed by atoms with Crippen molar-refractivity contribution in [2.45, 2.75) is 44.6 Å². The molecular formula is C17H25N3S. The quantitative estimate of drug-likeness (QED) is 0.811. The van der Waals surface area contributed by atoms with E-state index in [1.807, 2.05) is 18.2 Å². The van der Waals surface area contributed by atoms with Gasteiger partial charge in [0.1, 0.15) is 6.07 Å². The van der Waals surface area contributed by atoms with E-state index in [0.717, 1.165) is 35.0 Å². The van der Waals surface area contributed by atoms with E-state index in [1.54, 1.807) is 11.8 Å². The fourth-order valence-corrected chi connectivity index (χ4v) is 3.69. The Morgan fingerprint density at radius 2 is 2.29 bits per heavy atom. The highest BCUT2D eigenvalue weighted by Gasteiger charge is 2.31. The molecule has 0 saturated carbocycles. The SMILES string of the molecule is CCSc1cccc(NCC2NCCCC2(C)C)c1C#N. The molecule has 21 heavy (non-hydrogen) atoms. The van der Waals surface area contributed by atoms with Crippen LogP contribution in [0.1, 0.15) is 39.2 Å². The minimum absolute atomic E-state index is 0.299. The second-order valence-corrected chi connectivity index (χ2v) is 7.51. The van der Waals surface area contributed by atoms with Crippen molar-refractivity contribution in [3.05, 3.63) is 23.8 Å². The molecule has 114 valence electrons. The van der Waals surface area contributed by atoms with Gasteiger partial charge in [0.25, 0.3) is 0 Å². The van der Waals surface area contributed by atoms with Gasteiger partial charge in [-0.15, -0.1) is 11.8 Å². The van der Waals surface area contributed by atoms with Crippen LogP contribution in [0.3, 0.4) is 0 Å². The fraction of sp³-hybridized carbons (Fsp3) is 0.588. The first-order chi connectivity index (χ1) is 10.1. The van der Waals surface area contributed by atoms with Crippen molar-refractivity contribution in [3.63, 3.8) is 0 Å². The molecule has 0 aliphatic carbocycles. The number of benzene rings is 1. The molecule has 2 rings (SSSR count). The second-order valence-electron chi connectivity index (χ2n) is 6.20. The molecule has 3 nitrogen and oxygen atoms in total. The third-order valence-electron chi connectivity index (χ3n) is 4.27. The molecule has 1 heterocycles. The number of nitrogens with one attached hydrogen (secondary N) is 2. The van der Waals surface area contributed by atoms with Crippen molar-refractivity contribution in [1.82, 2.24) is 5.32 Å². The van der Waals surface area contributed by atoms with Gasteiger partial charge in [-0.2, -0.15) is 5.26 Å². The summed E-state index contributed by atoms with van der Waals surface area (Å²) in [5.41, 5.74) is 2.03. The first-order valence-corrected chi connectivity index (χ1v) is 8.70. The molecular weight excluding hydrogens is 278 g/mol. The lowest BCUT2D eigenvalue weighted by Gasteiger charge is -2.39. The topological polar surface area (TPSA) is 47.8 Å². The maximum absolute atomic E-state index is 9.45. The number of rotatable bonds is 5. The van der Waals surface area contributed by atoms with Crippen molar-refractivity contribution >= 4 is 17.4 Å². The Morgan fingerprint density at radius 1 is 1.48 bits per heavy atom. The molecule has 2 N–H and O–H groups in total. The summed E-state index contributed by atoms with van der Waals surface area (Å²) in [6.07, 6.45) is 2.50. The van der Waals surface area contributed by atoms with Gasteiger partial charge in [0.15, 0.2) is 0 Å². The Kier molecular flexibility index (Phi) is 5.55. The van der Waals surface area contributed by atoms with Crippen LogP contribution >= 0.6 is 11.8 Å². The highest BCUT2D eigenvalue weighted by molar-refractivity contribution is 7.99. The molecule has 1 saturated heterocycles. The smallest absolute Gasteiger partial charge is 0.102 e. The Labute approximate surface area is 132 Å². The minimum Gasteiger partial charge on any atom is -0.382 e. The minimum atomic E-state index is 0.299. The van der Waals surface area contributed by atoms with Crippen LogP contribution in [-0.4, -0.2) is 24.9 Å². The molecule has 4 heteroatoms. The number of hydrogen-bond acceptors (Lipinski definition) is 4. The molecule has 1 unspecified atom stereocenters. The largest absolute Gasteiger partial charge is 0.382 e. The summed E-state index contributed by atoms with van der Waals surface area (Å²) in [4.78, 5) is 1.07. The third kappa shape index (κ3) is 3.93. The van der Waals surface area contributed by atoms with Crippen LogP contribution in [0, 0.1) is 16.7 Å². The van der Waals surface area contributed by atoms with Crippen LogP contribution in [0.5, 0.6) is 0 Å². The lowest BCUT2D eigenvalue weighted by atomic mass is 9.77. The predicted octanol–water partition coefficient (Wildman–Crippen LogP) is 3.86. The van der Waals surface area contributed by atoms with Crippen LogP contribution in [0.4, 0.5) is 5.69 Å². The van der Waals surface area contributed by atoms with Gasteiger partial charge in [-0.25, -0.2) is 0 Å². The van der Waals surface area contributed by atoms with Crippen LogP contribution in [0.25, 0.3) is 0 Å². The van der Waals surface area contributed by atoms with E-state index in [9.17, 15) is 5.26 Å². The van der Waals surface area contributed by atoms with Crippen molar-refractivity contribution in [2.24, 2.45) is 5.41 Å². The molecule has 1 aromatic carbocycles. The summed E-state index contributed by atoms with van der Waals surface area (Å²) in [6.45, 7) is 8.70. The molecule has 0 bridgehead atoms. The molecule has 1 aliphatic heterocycles. The summed E-state index contributed by atoms with van der Waals surface area (Å²) in [5, 5.41) is 16.5. The number of nitriles is 1. The highest BCUT2D eigenvalue weighted by atomic mass is 32.2. The van der Waals surface area contributed by atoms with Gasteiger partial charge in [-0.3, -0.25) is 0 Å². The van der Waals surface area contributed by atoms with E-state index < -0.39 is 0 Å². The van der Waals surface area contributed by atoms with Crippen molar-refractivity contribution in [1.29, 1.82) is 5.26 Å². The molecule has 1 aliphatic rings. The Hall–Kier alpha value is -1.18. The number of anilines is 1. The zero-order chi connectivity index (χ0) is 15.3. The van der Waals surface area contributed by atoms with Gasteiger partial charge in [0.2, 0.25) is 0 Å². The van der Waals surface area contributed by atoms with Crippen LogP contribution in [0.15, 0.2) is 23.1 Å². The highest BCUT2D eigenvalue weighted by Crippen LogP contribution is 2.31. The average molecular weight is 303 g/mol. The van der Waals surface area contributed by atoms with Crippen LogP contribution in [-0.2, 0) is 0 Å². The summed E-state index contributed by atoms with van der Waals surface area (Å²) < 4.78 is 0. The van der Waals surface area contributed by atoms with Crippen molar-refractivity contribution in [2.75, 3.05) is 24.2 Å². The lowest BCUT2D eigenvalue weighted by molar-refractivity contribution is 0.188. The zero-order valence-corrected chi connectivity index (χ0v) is 14.0. The normalized spacial score (nSPS) is 20.8. The number of thioether (sulfide) groups is 1. The van der Waals surface area contributed by atoms with Gasteiger partial charge in [0.05, 0.1) is 11.3 Å². The summed E-state index contributed by atoms with van der Waals surface area (Å²) in [7, 11) is 0. The van der Waals surface area contributed by atoms with Gasteiger partial charge < -0.3 is 10.6 Å². The standard InChI is InChI=1S/C17H25N3S/c1-4-21-15-8-5-7-14(13(15)11-18)20-12-16-17(2,3)9-6-10-19-16/h5,7-8,16,19-20H,4,6,9-10,12H2,1-3H3. The molecule has 1 atom stereocenters. The Bertz CT molecular complexity index is 519. The Balaban J connectivity index is 2.09. The molecule has 0 radical (unpaired) electrons. The predicted molar refractivity (Wildman–Crippen MR) is 90.9 cm³/mol. The first kappa shape index (κ1) is 16.2.